The van der Waals surface area contributed by atoms with Gasteiger partial charge in [-0.15, -0.1) is 11.3 Å². The zero-order chi connectivity index (χ0) is 12.3. The van der Waals surface area contributed by atoms with E-state index in [0.717, 1.165) is 10.2 Å². The Morgan fingerprint density at radius 1 is 1.59 bits per heavy atom. The Labute approximate surface area is 103 Å². The van der Waals surface area contributed by atoms with Gasteiger partial charge in [-0.1, -0.05) is 6.92 Å². The average Bonchev–Trinajstić information content (AvgIpc) is 2.82. The summed E-state index contributed by atoms with van der Waals surface area (Å²) in [5, 5.41) is 11.7. The summed E-state index contributed by atoms with van der Waals surface area (Å²) in [7, 11) is 0. The van der Waals surface area contributed by atoms with Crippen molar-refractivity contribution in [2.24, 2.45) is 5.92 Å². The third kappa shape index (κ3) is 2.81. The molecule has 2 N–H and O–H groups in total. The summed E-state index contributed by atoms with van der Waals surface area (Å²) in [4.78, 5) is 16.0. The van der Waals surface area contributed by atoms with Gasteiger partial charge < -0.3 is 10.4 Å². The molecule has 0 aliphatic carbocycles. The smallest absolute Gasteiger partial charge is 0.251 e. The van der Waals surface area contributed by atoms with Gasteiger partial charge in [0.25, 0.3) is 5.91 Å². The molecule has 2 aromatic rings. The van der Waals surface area contributed by atoms with E-state index in [1.165, 1.54) is 11.3 Å². The zero-order valence-corrected chi connectivity index (χ0v) is 10.3. The van der Waals surface area contributed by atoms with Crippen LogP contribution >= 0.6 is 11.3 Å². The highest BCUT2D eigenvalue weighted by Crippen LogP contribution is 2.18. The van der Waals surface area contributed by atoms with Gasteiger partial charge in [-0.3, -0.25) is 4.79 Å². The number of nitrogens with zero attached hydrogens (tertiary/aromatic N) is 1. The summed E-state index contributed by atoms with van der Waals surface area (Å²) in [6, 6.07) is 5.45. The molecule has 0 aliphatic rings. The Hall–Kier alpha value is -1.46. The van der Waals surface area contributed by atoms with E-state index in [1.807, 2.05) is 19.1 Å². The molecule has 1 aromatic heterocycles. The molecule has 1 heterocycles. The number of rotatable bonds is 4. The van der Waals surface area contributed by atoms with Gasteiger partial charge in [0.15, 0.2) is 0 Å². The minimum Gasteiger partial charge on any atom is -0.396 e. The summed E-state index contributed by atoms with van der Waals surface area (Å²) in [6.07, 6.45) is 0. The van der Waals surface area contributed by atoms with Crippen molar-refractivity contribution in [3.8, 4) is 0 Å². The first-order valence-electron chi connectivity index (χ1n) is 5.43. The number of amides is 1. The van der Waals surface area contributed by atoms with Crippen molar-refractivity contribution in [3.63, 3.8) is 0 Å². The molecule has 1 unspecified atom stereocenters. The van der Waals surface area contributed by atoms with Crippen LogP contribution in [0.25, 0.3) is 10.2 Å². The fourth-order valence-electron chi connectivity index (χ4n) is 1.43. The van der Waals surface area contributed by atoms with Crippen LogP contribution in [0.5, 0.6) is 0 Å². The minimum atomic E-state index is -0.111. The molecule has 0 spiro atoms. The minimum absolute atomic E-state index is 0.0751. The molecule has 5 heteroatoms. The Balaban J connectivity index is 2.08. The van der Waals surface area contributed by atoms with Gasteiger partial charge in [0.05, 0.1) is 15.7 Å². The number of benzene rings is 1. The van der Waals surface area contributed by atoms with E-state index < -0.39 is 0 Å². The Morgan fingerprint density at radius 2 is 2.41 bits per heavy atom. The number of carbonyl (C=O) groups excluding carboxylic acids is 1. The van der Waals surface area contributed by atoms with Crippen LogP contribution in [0.1, 0.15) is 17.3 Å². The lowest BCUT2D eigenvalue weighted by molar-refractivity contribution is 0.0942. The summed E-state index contributed by atoms with van der Waals surface area (Å²) in [5.41, 5.74) is 3.31. The predicted molar refractivity (Wildman–Crippen MR) is 68.2 cm³/mol. The molecule has 0 bridgehead atoms. The Bertz CT molecular complexity index is 524. The van der Waals surface area contributed by atoms with E-state index in [9.17, 15) is 4.79 Å². The molecule has 1 aromatic carbocycles. The topological polar surface area (TPSA) is 62.2 Å². The Morgan fingerprint density at radius 3 is 3.18 bits per heavy atom. The number of fused-ring (bicyclic) bond motifs is 1. The maximum absolute atomic E-state index is 11.8. The third-order valence-corrected chi connectivity index (χ3v) is 3.31. The number of aliphatic hydroxyl groups is 1. The quantitative estimate of drug-likeness (QED) is 0.867. The van der Waals surface area contributed by atoms with Gasteiger partial charge >= 0.3 is 0 Å². The van der Waals surface area contributed by atoms with Crippen molar-refractivity contribution in [1.29, 1.82) is 0 Å². The van der Waals surface area contributed by atoms with Crippen LogP contribution in [-0.2, 0) is 0 Å². The molecule has 2 rings (SSSR count). The number of aliphatic hydroxyl groups excluding tert-OH is 1. The molecular weight excluding hydrogens is 236 g/mol. The second-order valence-electron chi connectivity index (χ2n) is 4.03. The number of hydrogen-bond donors (Lipinski definition) is 2. The van der Waals surface area contributed by atoms with Gasteiger partial charge in [0, 0.05) is 18.7 Å². The van der Waals surface area contributed by atoms with Gasteiger partial charge in [-0.2, -0.15) is 0 Å². The second-order valence-corrected chi connectivity index (χ2v) is 4.92. The molecular formula is C12H14N2O2S. The lowest BCUT2D eigenvalue weighted by Gasteiger charge is -2.09. The van der Waals surface area contributed by atoms with Crippen molar-refractivity contribution < 1.29 is 9.90 Å². The molecule has 0 fully saturated rings. The number of nitrogens with one attached hydrogen (secondary N) is 1. The first-order chi connectivity index (χ1) is 8.20. The lowest BCUT2D eigenvalue weighted by Crippen LogP contribution is -2.29. The highest BCUT2D eigenvalue weighted by Gasteiger charge is 2.08. The highest BCUT2D eigenvalue weighted by atomic mass is 32.1. The summed E-state index contributed by atoms with van der Waals surface area (Å²) in [5.74, 6) is -0.0355. The number of aromatic nitrogens is 1. The van der Waals surface area contributed by atoms with Gasteiger partial charge in [-0.05, 0) is 24.1 Å². The zero-order valence-electron chi connectivity index (χ0n) is 9.51. The van der Waals surface area contributed by atoms with Crippen molar-refractivity contribution in [1.82, 2.24) is 10.3 Å². The number of carbonyl (C=O) groups is 1. The van der Waals surface area contributed by atoms with Crippen LogP contribution in [0.15, 0.2) is 23.7 Å². The van der Waals surface area contributed by atoms with Crippen molar-refractivity contribution in [3.05, 3.63) is 29.3 Å². The van der Waals surface area contributed by atoms with Crippen LogP contribution in [0.3, 0.4) is 0 Å². The van der Waals surface area contributed by atoms with Crippen LogP contribution in [0.2, 0.25) is 0 Å². The van der Waals surface area contributed by atoms with E-state index in [4.69, 9.17) is 5.11 Å². The molecule has 1 amide bonds. The van der Waals surface area contributed by atoms with Crippen molar-refractivity contribution in [2.75, 3.05) is 13.2 Å². The van der Waals surface area contributed by atoms with E-state index in [2.05, 4.69) is 10.3 Å². The number of thiazole rings is 1. The second kappa shape index (κ2) is 5.25. The largest absolute Gasteiger partial charge is 0.396 e. The third-order valence-electron chi connectivity index (χ3n) is 2.52. The molecule has 0 saturated heterocycles. The molecule has 90 valence electrons. The van der Waals surface area contributed by atoms with Crippen LogP contribution in [0, 0.1) is 5.92 Å². The molecule has 0 aliphatic heterocycles. The fourth-order valence-corrected chi connectivity index (χ4v) is 2.15. The maximum Gasteiger partial charge on any atom is 0.251 e. The number of hydrogen-bond acceptors (Lipinski definition) is 4. The van der Waals surface area contributed by atoms with Gasteiger partial charge in [0.1, 0.15) is 0 Å². The standard InChI is InChI=1S/C12H14N2O2S/c1-8(6-15)5-13-12(16)9-2-3-10-11(4-9)17-7-14-10/h2-4,7-8,15H,5-6H2,1H3,(H,13,16). The summed E-state index contributed by atoms with van der Waals surface area (Å²) < 4.78 is 1.01. The summed E-state index contributed by atoms with van der Waals surface area (Å²) in [6.45, 7) is 2.44. The van der Waals surface area contributed by atoms with Crippen LogP contribution < -0.4 is 5.32 Å². The molecule has 4 nitrogen and oxygen atoms in total. The van der Waals surface area contributed by atoms with E-state index in [0.29, 0.717) is 12.1 Å². The average molecular weight is 250 g/mol. The monoisotopic (exact) mass is 250 g/mol. The van der Waals surface area contributed by atoms with Crippen molar-refractivity contribution >= 4 is 27.5 Å². The normalized spacial score (nSPS) is 12.6. The summed E-state index contributed by atoms with van der Waals surface area (Å²) >= 11 is 1.52. The van der Waals surface area contributed by atoms with Crippen LogP contribution in [-0.4, -0.2) is 29.1 Å². The lowest BCUT2D eigenvalue weighted by atomic mass is 10.1. The fraction of sp³-hybridized carbons (Fsp3) is 0.333. The van der Waals surface area contributed by atoms with Crippen LogP contribution in [0.4, 0.5) is 0 Å². The first-order valence-corrected chi connectivity index (χ1v) is 6.31. The Kier molecular flexibility index (Phi) is 3.71. The maximum atomic E-state index is 11.8. The highest BCUT2D eigenvalue weighted by molar-refractivity contribution is 7.16. The molecule has 0 radical (unpaired) electrons. The molecule has 1 atom stereocenters. The van der Waals surface area contributed by atoms with Crippen molar-refractivity contribution in [2.45, 2.75) is 6.92 Å². The van der Waals surface area contributed by atoms with E-state index in [-0.39, 0.29) is 18.4 Å². The first kappa shape index (κ1) is 12.0. The predicted octanol–water partition coefficient (Wildman–Crippen LogP) is 1.65. The molecule has 0 saturated carbocycles. The van der Waals surface area contributed by atoms with E-state index >= 15 is 0 Å². The SMILES string of the molecule is CC(CO)CNC(=O)c1ccc2ncsc2c1. The van der Waals surface area contributed by atoms with Gasteiger partial charge in [-0.25, -0.2) is 4.98 Å². The van der Waals surface area contributed by atoms with E-state index in [1.54, 1.807) is 11.6 Å². The van der Waals surface area contributed by atoms with Gasteiger partial charge in [0.2, 0.25) is 0 Å². The molecule has 17 heavy (non-hydrogen) atoms.